The summed E-state index contributed by atoms with van der Waals surface area (Å²) in [5.41, 5.74) is 6.37. The van der Waals surface area contributed by atoms with Crippen LogP contribution >= 0.6 is 12.2 Å². The zero-order valence-corrected chi connectivity index (χ0v) is 12.2. The highest BCUT2D eigenvalue weighted by Crippen LogP contribution is 2.31. The zero-order chi connectivity index (χ0) is 15.3. The molecule has 0 spiro atoms. The van der Waals surface area contributed by atoms with Crippen LogP contribution in [-0.2, 0) is 4.79 Å². The van der Waals surface area contributed by atoms with Crippen LogP contribution < -0.4 is 10.5 Å². The Balaban J connectivity index is 3.12. The van der Waals surface area contributed by atoms with Crippen molar-refractivity contribution in [3.63, 3.8) is 0 Å². The number of thiocarbonyl (C=S) groups is 1. The fourth-order valence-electron chi connectivity index (χ4n) is 1.91. The number of benzene rings is 1. The van der Waals surface area contributed by atoms with Gasteiger partial charge in [0.05, 0.1) is 24.2 Å². The minimum atomic E-state index is -0.974. The maximum atomic E-state index is 10.8. The number of likely N-dealkylation sites (N-methyl/N-ethyl adjacent to an activating group) is 1. The third kappa shape index (κ3) is 4.07. The number of aliphatic carboxylic acids is 1. The highest BCUT2D eigenvalue weighted by Gasteiger charge is 2.23. The summed E-state index contributed by atoms with van der Waals surface area (Å²) in [6.45, 7) is 2.00. The number of aromatic hydroxyl groups is 1. The van der Waals surface area contributed by atoms with Crippen molar-refractivity contribution in [1.29, 1.82) is 0 Å². The Labute approximate surface area is 122 Å². The molecule has 0 aliphatic carbocycles. The van der Waals surface area contributed by atoms with Crippen LogP contribution in [0.5, 0.6) is 11.5 Å². The van der Waals surface area contributed by atoms with Gasteiger partial charge in [-0.1, -0.05) is 18.3 Å². The smallest absolute Gasteiger partial charge is 0.317 e. The van der Waals surface area contributed by atoms with Gasteiger partial charge in [0.2, 0.25) is 0 Å². The zero-order valence-electron chi connectivity index (χ0n) is 11.4. The molecule has 6 nitrogen and oxygen atoms in total. The Bertz CT molecular complexity index is 507. The number of nitrogens with two attached hydrogens (primary N) is 1. The van der Waals surface area contributed by atoms with Gasteiger partial charge < -0.3 is 20.7 Å². The molecule has 1 atom stereocenters. The lowest BCUT2D eigenvalue weighted by molar-refractivity contribution is -0.138. The molecule has 1 rings (SSSR count). The van der Waals surface area contributed by atoms with Crippen molar-refractivity contribution in [2.24, 2.45) is 5.73 Å². The summed E-state index contributed by atoms with van der Waals surface area (Å²) in [4.78, 5) is 12.5. The average Bonchev–Trinajstić information content (AvgIpc) is 2.32. The van der Waals surface area contributed by atoms with Crippen LogP contribution in [0.25, 0.3) is 0 Å². The van der Waals surface area contributed by atoms with Crippen molar-refractivity contribution in [3.05, 3.63) is 23.8 Å². The van der Waals surface area contributed by atoms with E-state index < -0.39 is 12.0 Å². The van der Waals surface area contributed by atoms with E-state index in [1.54, 1.807) is 26.1 Å². The van der Waals surface area contributed by atoms with Crippen LogP contribution in [-0.4, -0.2) is 46.3 Å². The quantitative estimate of drug-likeness (QED) is 0.649. The number of phenols is 1. The predicted molar refractivity (Wildman–Crippen MR) is 79.1 cm³/mol. The molecule has 1 aromatic rings. The summed E-state index contributed by atoms with van der Waals surface area (Å²) in [7, 11) is 1.62. The Morgan fingerprint density at radius 1 is 1.55 bits per heavy atom. The largest absolute Gasteiger partial charge is 0.504 e. The lowest BCUT2D eigenvalue weighted by atomic mass is 10.0. The molecule has 110 valence electrons. The molecular formula is C13H18N2O4S. The van der Waals surface area contributed by atoms with Crippen molar-refractivity contribution in [2.45, 2.75) is 13.0 Å². The molecule has 1 unspecified atom stereocenters. The standard InChI is InChI=1S/C13H18N2O4S/c1-3-19-10-6-8(4-5-9(10)16)12(13(14)20)15(2)7-11(17)18/h4-6,12,16H,3,7H2,1-2H3,(H2,14,20)(H,17,18). The maximum Gasteiger partial charge on any atom is 0.317 e. The molecule has 0 fully saturated rings. The van der Waals surface area contributed by atoms with Gasteiger partial charge in [-0.05, 0) is 31.7 Å². The first-order valence-electron chi connectivity index (χ1n) is 6.03. The van der Waals surface area contributed by atoms with Crippen LogP contribution in [0.15, 0.2) is 18.2 Å². The summed E-state index contributed by atoms with van der Waals surface area (Å²) >= 11 is 5.01. The molecule has 0 amide bonds. The Kier molecular flexibility index (Phi) is 5.72. The van der Waals surface area contributed by atoms with Gasteiger partial charge >= 0.3 is 5.97 Å². The molecule has 0 saturated carbocycles. The molecule has 4 N–H and O–H groups in total. The molecule has 0 aromatic heterocycles. The van der Waals surface area contributed by atoms with Gasteiger partial charge in [0.25, 0.3) is 0 Å². The van der Waals surface area contributed by atoms with Gasteiger partial charge in [0, 0.05) is 0 Å². The first-order valence-corrected chi connectivity index (χ1v) is 6.44. The summed E-state index contributed by atoms with van der Waals surface area (Å²) in [5.74, 6) is -0.647. The van der Waals surface area contributed by atoms with E-state index in [1.165, 1.54) is 11.0 Å². The molecule has 1 aromatic carbocycles. The summed E-state index contributed by atoms with van der Waals surface area (Å²) in [5, 5.41) is 18.5. The molecule has 0 bridgehead atoms. The van der Waals surface area contributed by atoms with Crippen molar-refractivity contribution in [2.75, 3.05) is 20.2 Å². The van der Waals surface area contributed by atoms with E-state index >= 15 is 0 Å². The van der Waals surface area contributed by atoms with Gasteiger partial charge in [0.1, 0.15) is 0 Å². The van der Waals surface area contributed by atoms with E-state index in [9.17, 15) is 9.90 Å². The van der Waals surface area contributed by atoms with Crippen molar-refractivity contribution in [3.8, 4) is 11.5 Å². The Morgan fingerprint density at radius 3 is 2.70 bits per heavy atom. The molecule has 0 saturated heterocycles. The number of hydrogen-bond acceptors (Lipinski definition) is 5. The van der Waals surface area contributed by atoms with Crippen LogP contribution in [0.1, 0.15) is 18.5 Å². The SMILES string of the molecule is CCOc1cc(C(C(N)=S)N(C)CC(=O)O)ccc1O. The van der Waals surface area contributed by atoms with Gasteiger partial charge in [-0.3, -0.25) is 9.69 Å². The lowest BCUT2D eigenvalue weighted by Gasteiger charge is -2.26. The molecule has 0 radical (unpaired) electrons. The highest BCUT2D eigenvalue weighted by molar-refractivity contribution is 7.80. The second-order valence-corrected chi connectivity index (χ2v) is 4.75. The number of carboxylic acid groups (broad SMARTS) is 1. The summed E-state index contributed by atoms with van der Waals surface area (Å²) in [6.07, 6.45) is 0. The van der Waals surface area contributed by atoms with Gasteiger partial charge in [-0.15, -0.1) is 0 Å². The van der Waals surface area contributed by atoms with Crippen LogP contribution in [0, 0.1) is 0 Å². The third-order valence-corrected chi connectivity index (χ3v) is 2.92. The van der Waals surface area contributed by atoms with Gasteiger partial charge in [-0.2, -0.15) is 0 Å². The number of rotatable bonds is 7. The van der Waals surface area contributed by atoms with Crippen molar-refractivity contribution >= 4 is 23.2 Å². The van der Waals surface area contributed by atoms with E-state index in [0.29, 0.717) is 17.9 Å². The maximum absolute atomic E-state index is 10.8. The second-order valence-electron chi connectivity index (χ2n) is 4.27. The minimum absolute atomic E-state index is 0.0122. The predicted octanol–water partition coefficient (Wildman–Crippen LogP) is 1.13. The molecular weight excluding hydrogens is 280 g/mol. The molecule has 20 heavy (non-hydrogen) atoms. The topological polar surface area (TPSA) is 96.0 Å². The minimum Gasteiger partial charge on any atom is -0.504 e. The first-order chi connectivity index (χ1) is 9.36. The first kappa shape index (κ1) is 16.2. The lowest BCUT2D eigenvalue weighted by Crippen LogP contribution is -2.37. The van der Waals surface area contributed by atoms with Crippen LogP contribution in [0.3, 0.4) is 0 Å². The van der Waals surface area contributed by atoms with E-state index in [1.807, 2.05) is 0 Å². The van der Waals surface area contributed by atoms with Crippen molar-refractivity contribution in [1.82, 2.24) is 4.90 Å². The number of carbonyl (C=O) groups is 1. The van der Waals surface area contributed by atoms with E-state index in [4.69, 9.17) is 27.8 Å². The monoisotopic (exact) mass is 298 g/mol. The highest BCUT2D eigenvalue weighted by atomic mass is 32.1. The average molecular weight is 298 g/mol. The fourth-order valence-corrected chi connectivity index (χ4v) is 2.23. The normalized spacial score (nSPS) is 12.2. The van der Waals surface area contributed by atoms with E-state index in [0.717, 1.165) is 0 Å². The summed E-state index contributed by atoms with van der Waals surface area (Å²) < 4.78 is 5.30. The molecule has 0 heterocycles. The second kappa shape index (κ2) is 7.06. The number of ether oxygens (including phenoxy) is 1. The summed E-state index contributed by atoms with van der Waals surface area (Å²) in [6, 6.07) is 4.18. The third-order valence-electron chi connectivity index (χ3n) is 2.69. The molecule has 7 heteroatoms. The molecule has 0 aliphatic heterocycles. The number of carboxylic acids is 1. The molecule has 0 aliphatic rings. The number of hydrogen-bond donors (Lipinski definition) is 3. The Morgan fingerprint density at radius 2 is 2.20 bits per heavy atom. The fraction of sp³-hybridized carbons (Fsp3) is 0.385. The van der Waals surface area contributed by atoms with Crippen LogP contribution in [0.4, 0.5) is 0 Å². The van der Waals surface area contributed by atoms with Gasteiger partial charge in [0.15, 0.2) is 11.5 Å². The van der Waals surface area contributed by atoms with E-state index in [-0.39, 0.29) is 17.3 Å². The van der Waals surface area contributed by atoms with Crippen LogP contribution in [0.2, 0.25) is 0 Å². The van der Waals surface area contributed by atoms with E-state index in [2.05, 4.69) is 0 Å². The number of phenolic OH excluding ortho intramolecular Hbond substituents is 1. The number of nitrogens with zero attached hydrogens (tertiary/aromatic N) is 1. The van der Waals surface area contributed by atoms with Crippen molar-refractivity contribution < 1.29 is 19.7 Å². The Hall–Kier alpha value is -1.86. The van der Waals surface area contributed by atoms with Gasteiger partial charge in [-0.25, -0.2) is 0 Å².